The van der Waals surface area contributed by atoms with Gasteiger partial charge in [-0.3, -0.25) is 0 Å². The molecule has 1 N–H and O–H groups in total. The molecule has 0 spiro atoms. The van der Waals surface area contributed by atoms with Crippen LogP contribution in [0.1, 0.15) is 53.5 Å². The molecule has 0 heterocycles. The second kappa shape index (κ2) is 8.67. The lowest BCUT2D eigenvalue weighted by Crippen LogP contribution is -2.55. The molecule has 1 aliphatic rings. The minimum Gasteiger partial charge on any atom is -0.443 e. The Labute approximate surface area is 167 Å². The maximum atomic E-state index is 12.9. The SMILES string of the molecule is CC(C)(C)OC(=O)NN(C(=O)OC(C)(C)C)[C@H]1CC=C[C@@H]1Cc1ccccc1. The van der Waals surface area contributed by atoms with Crippen LogP contribution in [0, 0.1) is 5.92 Å². The van der Waals surface area contributed by atoms with E-state index >= 15 is 0 Å². The fraction of sp³-hybridized carbons (Fsp3) is 0.545. The van der Waals surface area contributed by atoms with Gasteiger partial charge in [0, 0.05) is 5.92 Å². The summed E-state index contributed by atoms with van der Waals surface area (Å²) in [6.07, 6.45) is 4.25. The van der Waals surface area contributed by atoms with Crippen LogP contribution in [0.25, 0.3) is 0 Å². The zero-order valence-electron chi connectivity index (χ0n) is 17.7. The van der Waals surface area contributed by atoms with Crippen LogP contribution < -0.4 is 5.43 Å². The van der Waals surface area contributed by atoms with E-state index in [1.54, 1.807) is 41.5 Å². The van der Waals surface area contributed by atoms with Gasteiger partial charge in [0.25, 0.3) is 0 Å². The summed E-state index contributed by atoms with van der Waals surface area (Å²) >= 11 is 0. The summed E-state index contributed by atoms with van der Waals surface area (Å²) in [5.74, 6) is 0.0601. The van der Waals surface area contributed by atoms with Gasteiger partial charge in [-0.25, -0.2) is 20.0 Å². The normalized spacial score (nSPS) is 19.2. The van der Waals surface area contributed by atoms with Crippen molar-refractivity contribution in [3.05, 3.63) is 48.0 Å². The molecule has 28 heavy (non-hydrogen) atoms. The van der Waals surface area contributed by atoms with Crippen LogP contribution in [0.3, 0.4) is 0 Å². The van der Waals surface area contributed by atoms with E-state index in [1.807, 2.05) is 24.3 Å². The van der Waals surface area contributed by atoms with E-state index in [1.165, 1.54) is 10.6 Å². The van der Waals surface area contributed by atoms with Gasteiger partial charge < -0.3 is 9.47 Å². The lowest BCUT2D eigenvalue weighted by atomic mass is 9.94. The summed E-state index contributed by atoms with van der Waals surface area (Å²) < 4.78 is 10.9. The average Bonchev–Trinajstić information content (AvgIpc) is 2.98. The Kier molecular flexibility index (Phi) is 6.75. The highest BCUT2D eigenvalue weighted by atomic mass is 16.6. The lowest BCUT2D eigenvalue weighted by Gasteiger charge is -2.35. The maximum Gasteiger partial charge on any atom is 0.429 e. The molecule has 1 aromatic rings. The Morgan fingerprint density at radius 3 is 2.21 bits per heavy atom. The number of ether oxygens (including phenoxy) is 2. The van der Waals surface area contributed by atoms with Crippen molar-refractivity contribution in [3.63, 3.8) is 0 Å². The molecule has 2 atom stereocenters. The van der Waals surface area contributed by atoms with Crippen molar-refractivity contribution in [1.29, 1.82) is 0 Å². The molecule has 1 aliphatic carbocycles. The fourth-order valence-corrected chi connectivity index (χ4v) is 3.06. The van der Waals surface area contributed by atoms with E-state index in [0.29, 0.717) is 6.42 Å². The van der Waals surface area contributed by atoms with E-state index in [9.17, 15) is 9.59 Å². The number of nitrogens with one attached hydrogen (secondary N) is 1. The fourth-order valence-electron chi connectivity index (χ4n) is 3.06. The van der Waals surface area contributed by atoms with Gasteiger partial charge in [-0.2, -0.15) is 0 Å². The van der Waals surface area contributed by atoms with Crippen molar-refractivity contribution in [3.8, 4) is 0 Å². The number of amides is 2. The summed E-state index contributed by atoms with van der Waals surface area (Å²) in [6, 6.07) is 9.83. The minimum atomic E-state index is -0.677. The molecule has 0 unspecified atom stereocenters. The second-order valence-electron chi connectivity index (χ2n) is 9.05. The van der Waals surface area contributed by atoms with Crippen LogP contribution in [0.2, 0.25) is 0 Å². The third-order valence-electron chi connectivity index (χ3n) is 4.10. The van der Waals surface area contributed by atoms with Crippen LogP contribution >= 0.6 is 0 Å². The van der Waals surface area contributed by atoms with Crippen molar-refractivity contribution in [2.45, 2.75) is 71.6 Å². The van der Waals surface area contributed by atoms with Crippen molar-refractivity contribution < 1.29 is 19.1 Å². The van der Waals surface area contributed by atoms with E-state index < -0.39 is 23.4 Å². The first-order valence-electron chi connectivity index (χ1n) is 9.67. The van der Waals surface area contributed by atoms with E-state index in [0.717, 1.165) is 6.42 Å². The number of rotatable bonds is 3. The van der Waals surface area contributed by atoms with Crippen molar-refractivity contribution in [2.24, 2.45) is 5.92 Å². The number of nitrogens with zero attached hydrogens (tertiary/aromatic N) is 1. The second-order valence-corrected chi connectivity index (χ2v) is 9.05. The van der Waals surface area contributed by atoms with Crippen LogP contribution in [-0.4, -0.2) is 34.4 Å². The predicted molar refractivity (Wildman–Crippen MR) is 109 cm³/mol. The first-order chi connectivity index (χ1) is 12.9. The van der Waals surface area contributed by atoms with Crippen molar-refractivity contribution in [2.75, 3.05) is 0 Å². The average molecular weight is 389 g/mol. The molecule has 6 nitrogen and oxygen atoms in total. The molecule has 0 saturated carbocycles. The molecule has 0 aliphatic heterocycles. The van der Waals surface area contributed by atoms with Gasteiger partial charge in [-0.15, -0.1) is 0 Å². The molecule has 2 rings (SSSR count). The number of carbonyl (C=O) groups is 2. The van der Waals surface area contributed by atoms with Crippen molar-refractivity contribution in [1.82, 2.24) is 10.4 Å². The quantitative estimate of drug-likeness (QED) is 0.594. The van der Waals surface area contributed by atoms with Crippen LogP contribution in [0.15, 0.2) is 42.5 Å². The van der Waals surface area contributed by atoms with Gasteiger partial charge in [0.1, 0.15) is 11.2 Å². The number of hydrazine groups is 1. The third-order valence-corrected chi connectivity index (χ3v) is 4.10. The van der Waals surface area contributed by atoms with Gasteiger partial charge >= 0.3 is 12.2 Å². The first-order valence-corrected chi connectivity index (χ1v) is 9.67. The smallest absolute Gasteiger partial charge is 0.429 e. The molecule has 0 fully saturated rings. The predicted octanol–water partition coefficient (Wildman–Crippen LogP) is 4.85. The largest absolute Gasteiger partial charge is 0.443 e. The summed E-state index contributed by atoms with van der Waals surface area (Å²) in [4.78, 5) is 25.2. The highest BCUT2D eigenvalue weighted by Gasteiger charge is 2.36. The van der Waals surface area contributed by atoms with Gasteiger partial charge in [-0.1, -0.05) is 42.5 Å². The number of carbonyl (C=O) groups excluding carboxylic acids is 2. The van der Waals surface area contributed by atoms with Gasteiger partial charge in [-0.05, 0) is 59.9 Å². The molecule has 6 heteroatoms. The van der Waals surface area contributed by atoms with Crippen LogP contribution in [-0.2, 0) is 15.9 Å². The van der Waals surface area contributed by atoms with E-state index in [4.69, 9.17) is 9.47 Å². The highest BCUT2D eigenvalue weighted by Crippen LogP contribution is 2.28. The number of hydrogen-bond donors (Lipinski definition) is 1. The van der Waals surface area contributed by atoms with E-state index in [-0.39, 0.29) is 12.0 Å². The number of hydrogen-bond acceptors (Lipinski definition) is 4. The summed E-state index contributed by atoms with van der Waals surface area (Å²) in [7, 11) is 0. The van der Waals surface area contributed by atoms with Gasteiger partial charge in [0.05, 0.1) is 6.04 Å². The Bertz CT molecular complexity index is 701. The standard InChI is InChI=1S/C22H32N2O4/c1-21(2,3)27-19(25)23-24(20(26)28-22(4,5)6)18-14-10-13-17(18)15-16-11-8-7-9-12-16/h7-13,17-18H,14-15H2,1-6H3,(H,23,25)/t17-,18+/m1/s1. The third kappa shape index (κ3) is 6.91. The summed E-state index contributed by atoms with van der Waals surface area (Å²) in [6.45, 7) is 10.7. The van der Waals surface area contributed by atoms with Crippen LogP contribution in [0.4, 0.5) is 9.59 Å². The highest BCUT2D eigenvalue weighted by molar-refractivity contribution is 5.75. The molecule has 154 valence electrons. The molecule has 2 amide bonds. The Morgan fingerprint density at radius 1 is 1.04 bits per heavy atom. The van der Waals surface area contributed by atoms with E-state index in [2.05, 4.69) is 23.6 Å². The first kappa shape index (κ1) is 21.8. The Hall–Kier alpha value is -2.50. The maximum absolute atomic E-state index is 12.9. The van der Waals surface area contributed by atoms with Gasteiger partial charge in [0.15, 0.2) is 0 Å². The Balaban J connectivity index is 2.19. The van der Waals surface area contributed by atoms with Crippen molar-refractivity contribution >= 4 is 12.2 Å². The minimum absolute atomic E-state index is 0.0601. The lowest BCUT2D eigenvalue weighted by molar-refractivity contribution is -0.0129. The Morgan fingerprint density at radius 2 is 1.64 bits per heavy atom. The zero-order valence-corrected chi connectivity index (χ0v) is 17.7. The molecule has 0 radical (unpaired) electrons. The molecular formula is C22H32N2O4. The number of benzene rings is 1. The van der Waals surface area contributed by atoms with Crippen LogP contribution in [0.5, 0.6) is 0 Å². The molecule has 0 saturated heterocycles. The van der Waals surface area contributed by atoms with Gasteiger partial charge in [0.2, 0.25) is 0 Å². The monoisotopic (exact) mass is 388 g/mol. The topological polar surface area (TPSA) is 67.9 Å². The molecule has 0 aromatic heterocycles. The summed E-state index contributed by atoms with van der Waals surface area (Å²) in [5.41, 5.74) is 2.44. The molecule has 1 aromatic carbocycles. The molecular weight excluding hydrogens is 356 g/mol. The molecule has 0 bridgehead atoms. The zero-order chi connectivity index (χ0) is 20.9. The summed E-state index contributed by atoms with van der Waals surface area (Å²) in [5, 5.41) is 1.28.